The zero-order chi connectivity index (χ0) is 21.4. The van der Waals surface area contributed by atoms with E-state index >= 15 is 0 Å². The minimum Gasteiger partial charge on any atom is -0.462 e. The van der Waals surface area contributed by atoms with Crippen LogP contribution in [-0.2, 0) is 19.5 Å². The number of hydrogen-bond acceptors (Lipinski definition) is 6. The molecule has 2 aromatic carbocycles. The molecule has 2 rings (SSSR count). The van der Waals surface area contributed by atoms with Gasteiger partial charge < -0.3 is 14.8 Å². The molecule has 0 bridgehead atoms. The molecule has 9 heteroatoms. The summed E-state index contributed by atoms with van der Waals surface area (Å²) in [4.78, 5) is 23.9. The summed E-state index contributed by atoms with van der Waals surface area (Å²) in [5.74, 6) is -0.861. The molecule has 0 radical (unpaired) electrons. The largest absolute Gasteiger partial charge is 0.462 e. The highest BCUT2D eigenvalue weighted by Crippen LogP contribution is 2.20. The molecule has 0 spiro atoms. The zero-order valence-corrected chi connectivity index (χ0v) is 17.3. The van der Waals surface area contributed by atoms with Gasteiger partial charge in [-0.1, -0.05) is 6.07 Å². The van der Waals surface area contributed by atoms with E-state index < -0.39 is 16.0 Å². The standard InChI is InChI=1S/C20H24N2O6S/c1-4-28-20(24)15-6-8-16(9-7-15)22-29(25,26)17-10-5-14(2)18(13-17)19(23)21-11-12-27-3/h5-10,13,22H,4,11-12H2,1-3H3,(H,21,23). The first-order valence-electron chi connectivity index (χ1n) is 8.96. The van der Waals surface area contributed by atoms with Crippen molar-refractivity contribution in [2.45, 2.75) is 18.7 Å². The van der Waals surface area contributed by atoms with Crippen LogP contribution in [0.25, 0.3) is 0 Å². The van der Waals surface area contributed by atoms with Crippen LogP contribution in [0.1, 0.15) is 33.2 Å². The molecule has 0 atom stereocenters. The minimum absolute atomic E-state index is 0.0468. The van der Waals surface area contributed by atoms with Crippen molar-refractivity contribution in [2.24, 2.45) is 0 Å². The van der Waals surface area contributed by atoms with E-state index in [0.717, 1.165) is 0 Å². The van der Waals surface area contributed by atoms with Gasteiger partial charge in [0.15, 0.2) is 0 Å². The molecule has 0 unspecified atom stereocenters. The van der Waals surface area contributed by atoms with Gasteiger partial charge in [-0.25, -0.2) is 13.2 Å². The maximum atomic E-state index is 12.7. The lowest BCUT2D eigenvalue weighted by molar-refractivity contribution is 0.0526. The maximum Gasteiger partial charge on any atom is 0.338 e. The number of esters is 1. The molecule has 0 fully saturated rings. The van der Waals surface area contributed by atoms with Gasteiger partial charge in [0.1, 0.15) is 0 Å². The Labute approximate surface area is 170 Å². The number of anilines is 1. The van der Waals surface area contributed by atoms with Gasteiger partial charge in [0, 0.05) is 24.9 Å². The number of amides is 1. The number of rotatable bonds is 9. The predicted octanol–water partition coefficient (Wildman–Crippen LogP) is 2.35. The fourth-order valence-electron chi connectivity index (χ4n) is 2.48. The lowest BCUT2D eigenvalue weighted by atomic mass is 10.1. The van der Waals surface area contributed by atoms with E-state index in [-0.39, 0.29) is 28.7 Å². The maximum absolute atomic E-state index is 12.7. The summed E-state index contributed by atoms with van der Waals surface area (Å²) in [6, 6.07) is 10.2. The van der Waals surface area contributed by atoms with Gasteiger partial charge in [-0.15, -0.1) is 0 Å². The molecular weight excluding hydrogens is 396 g/mol. The molecule has 29 heavy (non-hydrogen) atoms. The van der Waals surface area contributed by atoms with Crippen LogP contribution >= 0.6 is 0 Å². The van der Waals surface area contributed by atoms with Crippen molar-refractivity contribution in [2.75, 3.05) is 31.6 Å². The van der Waals surface area contributed by atoms with Crippen molar-refractivity contribution in [3.05, 3.63) is 59.2 Å². The Morgan fingerprint density at radius 1 is 1.07 bits per heavy atom. The minimum atomic E-state index is -3.93. The highest BCUT2D eigenvalue weighted by Gasteiger charge is 2.18. The summed E-state index contributed by atoms with van der Waals surface area (Å²) >= 11 is 0. The van der Waals surface area contributed by atoms with E-state index in [1.54, 1.807) is 19.9 Å². The van der Waals surface area contributed by atoms with Gasteiger partial charge in [-0.2, -0.15) is 0 Å². The summed E-state index contributed by atoms with van der Waals surface area (Å²) in [5.41, 5.74) is 1.52. The van der Waals surface area contributed by atoms with Gasteiger partial charge in [0.2, 0.25) is 0 Å². The number of benzene rings is 2. The van der Waals surface area contributed by atoms with E-state index in [1.165, 1.54) is 43.5 Å². The molecule has 2 aromatic rings. The van der Waals surface area contributed by atoms with Crippen molar-refractivity contribution < 1.29 is 27.5 Å². The van der Waals surface area contributed by atoms with Gasteiger partial charge in [0.05, 0.1) is 23.7 Å². The monoisotopic (exact) mass is 420 g/mol. The third kappa shape index (κ3) is 6.03. The molecule has 0 saturated carbocycles. The summed E-state index contributed by atoms with van der Waals surface area (Å²) < 4.78 is 37.7. The average Bonchev–Trinajstić information content (AvgIpc) is 2.68. The fourth-order valence-corrected chi connectivity index (χ4v) is 3.56. The van der Waals surface area contributed by atoms with Gasteiger partial charge >= 0.3 is 5.97 Å². The molecule has 0 aliphatic heterocycles. The summed E-state index contributed by atoms with van der Waals surface area (Å²) in [6.07, 6.45) is 0. The predicted molar refractivity (Wildman–Crippen MR) is 109 cm³/mol. The van der Waals surface area contributed by atoms with Crippen LogP contribution in [0.15, 0.2) is 47.4 Å². The van der Waals surface area contributed by atoms with Crippen LogP contribution in [0.5, 0.6) is 0 Å². The number of hydrogen-bond donors (Lipinski definition) is 2. The Balaban J connectivity index is 2.19. The Kier molecular flexibility index (Phi) is 7.74. The van der Waals surface area contributed by atoms with Gasteiger partial charge in [-0.3, -0.25) is 9.52 Å². The van der Waals surface area contributed by atoms with E-state index in [1.807, 2.05) is 0 Å². The number of nitrogens with one attached hydrogen (secondary N) is 2. The van der Waals surface area contributed by atoms with Crippen LogP contribution in [0, 0.1) is 6.92 Å². The second-order valence-corrected chi connectivity index (χ2v) is 7.81. The Morgan fingerprint density at radius 2 is 1.76 bits per heavy atom. The Hall–Kier alpha value is -2.91. The molecule has 2 N–H and O–H groups in total. The lowest BCUT2D eigenvalue weighted by Crippen LogP contribution is -2.28. The van der Waals surface area contributed by atoms with Crippen LogP contribution in [0.4, 0.5) is 5.69 Å². The van der Waals surface area contributed by atoms with Crippen LogP contribution in [0.3, 0.4) is 0 Å². The average molecular weight is 420 g/mol. The van der Waals surface area contributed by atoms with E-state index in [9.17, 15) is 18.0 Å². The number of carbonyl (C=O) groups excluding carboxylic acids is 2. The van der Waals surface area contributed by atoms with Crippen LogP contribution in [-0.4, -0.2) is 47.2 Å². The third-order valence-corrected chi connectivity index (χ3v) is 5.38. The third-order valence-electron chi connectivity index (χ3n) is 4.00. The van der Waals surface area contributed by atoms with E-state index in [2.05, 4.69) is 10.0 Å². The molecule has 0 heterocycles. The molecule has 0 aromatic heterocycles. The van der Waals surface area contributed by atoms with Gasteiger partial charge in [-0.05, 0) is 55.8 Å². The van der Waals surface area contributed by atoms with E-state index in [0.29, 0.717) is 24.3 Å². The lowest BCUT2D eigenvalue weighted by Gasteiger charge is -2.12. The molecule has 1 amide bonds. The fraction of sp³-hybridized carbons (Fsp3) is 0.300. The second kappa shape index (κ2) is 10.0. The summed E-state index contributed by atoms with van der Waals surface area (Å²) in [6.45, 7) is 4.35. The quantitative estimate of drug-likeness (QED) is 0.476. The molecule has 156 valence electrons. The first-order chi connectivity index (χ1) is 13.8. The van der Waals surface area contributed by atoms with Crippen molar-refractivity contribution in [1.29, 1.82) is 0 Å². The summed E-state index contributed by atoms with van der Waals surface area (Å²) in [5, 5.41) is 2.67. The second-order valence-electron chi connectivity index (χ2n) is 6.13. The summed E-state index contributed by atoms with van der Waals surface area (Å²) in [7, 11) is -2.40. The van der Waals surface area contributed by atoms with E-state index in [4.69, 9.17) is 9.47 Å². The first kappa shape index (κ1) is 22.4. The number of aryl methyl sites for hydroxylation is 1. The highest BCUT2D eigenvalue weighted by atomic mass is 32.2. The zero-order valence-electron chi connectivity index (χ0n) is 16.5. The molecule has 0 saturated heterocycles. The molecule has 0 aliphatic rings. The van der Waals surface area contributed by atoms with Crippen LogP contribution in [0.2, 0.25) is 0 Å². The van der Waals surface area contributed by atoms with Crippen LogP contribution < -0.4 is 10.0 Å². The Morgan fingerprint density at radius 3 is 2.38 bits per heavy atom. The normalized spacial score (nSPS) is 11.0. The Bertz CT molecular complexity index is 971. The number of ether oxygens (including phenoxy) is 2. The van der Waals surface area contributed by atoms with Crippen molar-refractivity contribution in [3.8, 4) is 0 Å². The molecule has 0 aliphatic carbocycles. The topological polar surface area (TPSA) is 111 Å². The number of carbonyl (C=O) groups is 2. The molecule has 8 nitrogen and oxygen atoms in total. The SMILES string of the molecule is CCOC(=O)c1ccc(NS(=O)(=O)c2ccc(C)c(C(=O)NCCOC)c2)cc1. The van der Waals surface area contributed by atoms with Crippen molar-refractivity contribution >= 4 is 27.6 Å². The molecular formula is C20H24N2O6S. The first-order valence-corrected chi connectivity index (χ1v) is 10.4. The highest BCUT2D eigenvalue weighted by molar-refractivity contribution is 7.92. The van der Waals surface area contributed by atoms with Gasteiger partial charge in [0.25, 0.3) is 15.9 Å². The number of methoxy groups -OCH3 is 1. The van der Waals surface area contributed by atoms with Crippen molar-refractivity contribution in [1.82, 2.24) is 5.32 Å². The number of sulfonamides is 1. The smallest absolute Gasteiger partial charge is 0.338 e. The van der Waals surface area contributed by atoms with Crippen molar-refractivity contribution in [3.63, 3.8) is 0 Å².